The van der Waals surface area contributed by atoms with Crippen LogP contribution in [0.15, 0.2) is 45.3 Å². The quantitative estimate of drug-likeness (QED) is 0.713. The molecule has 2 aromatic carbocycles. The summed E-state index contributed by atoms with van der Waals surface area (Å²) >= 11 is 12.5. The Morgan fingerprint density at radius 1 is 1.11 bits per heavy atom. The average molecular weight is 404 g/mol. The lowest BCUT2D eigenvalue weighted by Gasteiger charge is -2.08. The summed E-state index contributed by atoms with van der Waals surface area (Å²) in [5.74, 6) is -0.222. The first kappa shape index (κ1) is 14.4. The molecule has 98 valence electrons. The van der Waals surface area contributed by atoms with E-state index in [2.05, 4.69) is 37.2 Å². The van der Waals surface area contributed by atoms with Gasteiger partial charge in [0.25, 0.3) is 5.91 Å². The van der Waals surface area contributed by atoms with Crippen LogP contribution in [0.5, 0.6) is 0 Å². The maximum Gasteiger partial charge on any atom is 0.256 e. The van der Waals surface area contributed by atoms with E-state index in [4.69, 9.17) is 17.3 Å². The molecule has 0 heterocycles. The molecule has 0 aliphatic rings. The second-order valence-corrected chi connectivity index (χ2v) is 5.96. The van der Waals surface area contributed by atoms with Gasteiger partial charge >= 0.3 is 0 Å². The highest BCUT2D eigenvalue weighted by Crippen LogP contribution is 2.25. The Bertz CT molecular complexity index is 647. The van der Waals surface area contributed by atoms with Crippen molar-refractivity contribution >= 4 is 60.7 Å². The largest absolute Gasteiger partial charge is 0.398 e. The predicted octanol–water partition coefficient (Wildman–Crippen LogP) is 4.70. The molecule has 0 spiro atoms. The monoisotopic (exact) mass is 402 g/mol. The van der Waals surface area contributed by atoms with Gasteiger partial charge in [0.05, 0.1) is 5.56 Å². The van der Waals surface area contributed by atoms with Crippen LogP contribution in [0.2, 0.25) is 5.02 Å². The zero-order valence-corrected chi connectivity index (χ0v) is 13.5. The van der Waals surface area contributed by atoms with Crippen molar-refractivity contribution in [2.24, 2.45) is 0 Å². The van der Waals surface area contributed by atoms with Gasteiger partial charge in [-0.05, 0) is 68.3 Å². The van der Waals surface area contributed by atoms with Crippen LogP contribution in [-0.2, 0) is 0 Å². The van der Waals surface area contributed by atoms with Crippen LogP contribution in [0.25, 0.3) is 0 Å². The number of hydrogen-bond acceptors (Lipinski definition) is 2. The van der Waals surface area contributed by atoms with Gasteiger partial charge in [0.2, 0.25) is 0 Å². The molecule has 0 unspecified atom stereocenters. The van der Waals surface area contributed by atoms with Gasteiger partial charge in [-0.25, -0.2) is 0 Å². The van der Waals surface area contributed by atoms with Crippen LogP contribution in [-0.4, -0.2) is 5.91 Å². The summed E-state index contributed by atoms with van der Waals surface area (Å²) in [5.41, 5.74) is 7.48. The van der Waals surface area contributed by atoms with Crippen molar-refractivity contribution < 1.29 is 4.79 Å². The third-order valence-corrected chi connectivity index (χ3v) is 4.01. The van der Waals surface area contributed by atoms with E-state index >= 15 is 0 Å². The van der Waals surface area contributed by atoms with Gasteiger partial charge in [0.15, 0.2) is 0 Å². The SMILES string of the molecule is Nc1ccc(NC(=O)c2ccc(Cl)cc2Br)cc1Br. The molecule has 19 heavy (non-hydrogen) atoms. The van der Waals surface area contributed by atoms with E-state index in [-0.39, 0.29) is 5.91 Å². The zero-order valence-electron chi connectivity index (χ0n) is 9.58. The number of nitrogen functional groups attached to an aromatic ring is 1. The van der Waals surface area contributed by atoms with Gasteiger partial charge in [0.1, 0.15) is 0 Å². The molecule has 0 aromatic heterocycles. The Hall–Kier alpha value is -1.04. The van der Waals surface area contributed by atoms with E-state index < -0.39 is 0 Å². The standard InChI is InChI=1S/C13H9Br2ClN2O/c14-10-5-7(16)1-3-9(10)13(19)18-8-2-4-12(17)11(15)6-8/h1-6H,17H2,(H,18,19). The predicted molar refractivity (Wildman–Crippen MR) is 85.7 cm³/mol. The van der Waals surface area contributed by atoms with Crippen molar-refractivity contribution in [2.45, 2.75) is 0 Å². The van der Waals surface area contributed by atoms with E-state index in [1.54, 1.807) is 36.4 Å². The second-order valence-electron chi connectivity index (χ2n) is 3.81. The van der Waals surface area contributed by atoms with Gasteiger partial charge < -0.3 is 11.1 Å². The van der Waals surface area contributed by atoms with Crippen molar-refractivity contribution in [3.63, 3.8) is 0 Å². The molecule has 2 rings (SSSR count). The van der Waals surface area contributed by atoms with Crippen LogP contribution in [0.1, 0.15) is 10.4 Å². The number of anilines is 2. The Labute approximate surface area is 132 Å². The van der Waals surface area contributed by atoms with Gasteiger partial charge in [-0.1, -0.05) is 11.6 Å². The Balaban J connectivity index is 2.23. The summed E-state index contributed by atoms with van der Waals surface area (Å²) in [4.78, 5) is 12.1. The molecule has 0 saturated heterocycles. The molecule has 0 aliphatic carbocycles. The van der Waals surface area contributed by atoms with Crippen molar-refractivity contribution in [2.75, 3.05) is 11.1 Å². The second kappa shape index (κ2) is 5.94. The van der Waals surface area contributed by atoms with Gasteiger partial charge in [-0.3, -0.25) is 4.79 Å². The molecule has 3 nitrogen and oxygen atoms in total. The number of nitrogens with one attached hydrogen (secondary N) is 1. The molecular formula is C13H9Br2ClN2O. The maximum absolute atomic E-state index is 12.1. The van der Waals surface area contributed by atoms with Gasteiger partial charge in [0, 0.05) is 25.3 Å². The van der Waals surface area contributed by atoms with E-state index in [0.29, 0.717) is 26.4 Å². The first-order chi connectivity index (χ1) is 8.97. The Morgan fingerprint density at radius 2 is 1.84 bits per heavy atom. The molecule has 0 aliphatic heterocycles. The highest BCUT2D eigenvalue weighted by molar-refractivity contribution is 9.11. The van der Waals surface area contributed by atoms with Crippen molar-refractivity contribution in [1.29, 1.82) is 0 Å². The molecule has 1 amide bonds. The molecule has 0 bridgehead atoms. The van der Waals surface area contributed by atoms with Crippen molar-refractivity contribution in [1.82, 2.24) is 0 Å². The maximum atomic E-state index is 12.1. The van der Waals surface area contributed by atoms with Crippen LogP contribution in [0, 0.1) is 0 Å². The van der Waals surface area contributed by atoms with Crippen LogP contribution >= 0.6 is 43.5 Å². The minimum atomic E-state index is -0.222. The van der Waals surface area contributed by atoms with Gasteiger partial charge in [-0.2, -0.15) is 0 Å². The number of carbonyl (C=O) groups is 1. The number of rotatable bonds is 2. The third kappa shape index (κ3) is 3.49. The minimum Gasteiger partial charge on any atom is -0.398 e. The number of nitrogens with two attached hydrogens (primary N) is 1. The summed E-state index contributed by atoms with van der Waals surface area (Å²) in [7, 11) is 0. The number of amides is 1. The Kier molecular flexibility index (Phi) is 4.50. The van der Waals surface area contributed by atoms with Crippen LogP contribution < -0.4 is 11.1 Å². The topological polar surface area (TPSA) is 55.1 Å². The molecule has 0 saturated carbocycles. The fourth-order valence-electron chi connectivity index (χ4n) is 1.48. The molecule has 0 atom stereocenters. The number of halogens is 3. The molecular weight excluding hydrogens is 395 g/mol. The van der Waals surface area contributed by atoms with Gasteiger partial charge in [-0.15, -0.1) is 0 Å². The molecule has 2 aromatic rings. The third-order valence-electron chi connectivity index (χ3n) is 2.43. The van der Waals surface area contributed by atoms with Crippen LogP contribution in [0.3, 0.4) is 0 Å². The van der Waals surface area contributed by atoms with Crippen molar-refractivity contribution in [3.8, 4) is 0 Å². The summed E-state index contributed by atoms with van der Waals surface area (Å²) < 4.78 is 1.38. The lowest BCUT2D eigenvalue weighted by atomic mass is 10.2. The van der Waals surface area contributed by atoms with Crippen molar-refractivity contribution in [3.05, 3.63) is 55.9 Å². The normalized spacial score (nSPS) is 10.3. The smallest absolute Gasteiger partial charge is 0.256 e. The average Bonchev–Trinajstić information content (AvgIpc) is 2.33. The first-order valence-corrected chi connectivity index (χ1v) is 7.25. The molecule has 0 radical (unpaired) electrons. The molecule has 3 N–H and O–H groups in total. The highest BCUT2D eigenvalue weighted by Gasteiger charge is 2.11. The summed E-state index contributed by atoms with van der Waals surface area (Å²) in [6.07, 6.45) is 0. The number of carbonyl (C=O) groups excluding carboxylic acids is 1. The van der Waals surface area contributed by atoms with E-state index in [1.807, 2.05) is 0 Å². The Morgan fingerprint density at radius 3 is 2.47 bits per heavy atom. The lowest BCUT2D eigenvalue weighted by Crippen LogP contribution is -2.12. The number of benzene rings is 2. The van der Waals surface area contributed by atoms with E-state index in [1.165, 1.54) is 0 Å². The summed E-state index contributed by atoms with van der Waals surface area (Å²) in [5, 5.41) is 3.36. The minimum absolute atomic E-state index is 0.222. The highest BCUT2D eigenvalue weighted by atomic mass is 79.9. The van der Waals surface area contributed by atoms with E-state index in [9.17, 15) is 4.79 Å². The zero-order chi connectivity index (χ0) is 14.0. The summed E-state index contributed by atoms with van der Waals surface area (Å²) in [6.45, 7) is 0. The lowest BCUT2D eigenvalue weighted by molar-refractivity contribution is 0.102. The number of hydrogen-bond donors (Lipinski definition) is 2. The molecule has 6 heteroatoms. The van der Waals surface area contributed by atoms with Crippen LogP contribution in [0.4, 0.5) is 11.4 Å². The summed E-state index contributed by atoms with van der Waals surface area (Å²) in [6, 6.07) is 10.2. The fourth-order valence-corrected chi connectivity index (χ4v) is 2.72. The van der Waals surface area contributed by atoms with E-state index in [0.717, 1.165) is 4.47 Å². The fraction of sp³-hybridized carbons (Fsp3) is 0. The first-order valence-electron chi connectivity index (χ1n) is 5.29. The molecule has 0 fully saturated rings.